The Balaban J connectivity index is 2.70. The van der Waals surface area contributed by atoms with Crippen LogP contribution in [-0.2, 0) is 0 Å². The van der Waals surface area contributed by atoms with Gasteiger partial charge in [0.05, 0.1) is 5.69 Å². The van der Waals surface area contributed by atoms with Crippen molar-refractivity contribution in [3.8, 4) is 5.69 Å². The standard InChI is InChI=1S/C11H9ClN2O2/c1-7-2-4-8(5-3-7)14-10(15)6-9(12)13-11(14)16/h2-6H,1H3,(H,13,16). The second-order valence-electron chi connectivity index (χ2n) is 3.43. The van der Waals surface area contributed by atoms with Crippen molar-refractivity contribution in [1.29, 1.82) is 0 Å². The molecule has 1 N–H and O–H groups in total. The Morgan fingerprint density at radius 3 is 2.38 bits per heavy atom. The van der Waals surface area contributed by atoms with Crippen LogP contribution in [0.2, 0.25) is 5.15 Å². The van der Waals surface area contributed by atoms with Crippen LogP contribution < -0.4 is 11.2 Å². The molecule has 0 saturated carbocycles. The molecule has 0 aliphatic carbocycles. The van der Waals surface area contributed by atoms with E-state index in [1.54, 1.807) is 12.1 Å². The average Bonchev–Trinajstić information content (AvgIpc) is 2.19. The zero-order chi connectivity index (χ0) is 11.7. The van der Waals surface area contributed by atoms with E-state index in [4.69, 9.17) is 11.6 Å². The van der Waals surface area contributed by atoms with E-state index >= 15 is 0 Å². The smallest absolute Gasteiger partial charge is 0.297 e. The van der Waals surface area contributed by atoms with E-state index in [0.29, 0.717) is 5.69 Å². The van der Waals surface area contributed by atoms with Crippen molar-refractivity contribution in [2.75, 3.05) is 0 Å². The van der Waals surface area contributed by atoms with Crippen LogP contribution in [0, 0.1) is 6.92 Å². The van der Waals surface area contributed by atoms with Crippen LogP contribution in [0.4, 0.5) is 0 Å². The molecule has 0 radical (unpaired) electrons. The molecule has 5 heteroatoms. The van der Waals surface area contributed by atoms with Crippen LogP contribution in [0.5, 0.6) is 0 Å². The quantitative estimate of drug-likeness (QED) is 0.763. The highest BCUT2D eigenvalue weighted by Gasteiger charge is 2.04. The number of rotatable bonds is 1. The van der Waals surface area contributed by atoms with Crippen LogP contribution in [0.3, 0.4) is 0 Å². The summed E-state index contributed by atoms with van der Waals surface area (Å²) >= 11 is 5.57. The van der Waals surface area contributed by atoms with Gasteiger partial charge in [0.25, 0.3) is 5.56 Å². The number of benzene rings is 1. The highest BCUT2D eigenvalue weighted by Crippen LogP contribution is 2.05. The first-order valence-electron chi connectivity index (χ1n) is 4.67. The van der Waals surface area contributed by atoms with Gasteiger partial charge in [-0.15, -0.1) is 0 Å². The van der Waals surface area contributed by atoms with E-state index in [-0.39, 0.29) is 5.15 Å². The lowest BCUT2D eigenvalue weighted by Gasteiger charge is -2.04. The maximum Gasteiger partial charge on any atom is 0.334 e. The summed E-state index contributed by atoms with van der Waals surface area (Å²) < 4.78 is 1.03. The van der Waals surface area contributed by atoms with Crippen LogP contribution in [0.15, 0.2) is 39.9 Å². The van der Waals surface area contributed by atoms with Crippen LogP contribution >= 0.6 is 11.6 Å². The van der Waals surface area contributed by atoms with E-state index in [0.717, 1.165) is 10.1 Å². The molecule has 82 valence electrons. The summed E-state index contributed by atoms with van der Waals surface area (Å²) in [7, 11) is 0. The summed E-state index contributed by atoms with van der Waals surface area (Å²) in [6.07, 6.45) is 0. The van der Waals surface area contributed by atoms with Crippen molar-refractivity contribution in [1.82, 2.24) is 9.55 Å². The first-order valence-corrected chi connectivity index (χ1v) is 5.04. The normalized spacial score (nSPS) is 10.4. The SMILES string of the molecule is Cc1ccc(-n2c(=O)cc(Cl)[nH]c2=O)cc1. The summed E-state index contributed by atoms with van der Waals surface area (Å²) in [6.45, 7) is 1.93. The summed E-state index contributed by atoms with van der Waals surface area (Å²) in [5, 5.41) is 0.0401. The molecule has 0 atom stereocenters. The minimum Gasteiger partial charge on any atom is -0.297 e. The lowest BCUT2D eigenvalue weighted by molar-refractivity contribution is 0.875. The highest BCUT2D eigenvalue weighted by atomic mass is 35.5. The fraction of sp³-hybridized carbons (Fsp3) is 0.0909. The molecule has 1 aromatic heterocycles. The van der Waals surface area contributed by atoms with Gasteiger partial charge in [0.1, 0.15) is 5.15 Å². The number of aromatic nitrogens is 2. The molecule has 0 spiro atoms. The molecule has 4 nitrogen and oxygen atoms in total. The maximum absolute atomic E-state index is 11.6. The molecule has 1 aromatic carbocycles. The number of H-pyrrole nitrogens is 1. The van der Waals surface area contributed by atoms with Crippen LogP contribution in [-0.4, -0.2) is 9.55 Å². The molecule has 1 heterocycles. The molecular weight excluding hydrogens is 228 g/mol. The van der Waals surface area contributed by atoms with Gasteiger partial charge in [0.15, 0.2) is 0 Å². The lowest BCUT2D eigenvalue weighted by atomic mass is 10.2. The molecule has 0 aliphatic rings. The monoisotopic (exact) mass is 236 g/mol. The number of aromatic amines is 1. The van der Waals surface area contributed by atoms with Gasteiger partial charge in [-0.05, 0) is 19.1 Å². The first kappa shape index (κ1) is 10.7. The van der Waals surface area contributed by atoms with E-state index in [9.17, 15) is 9.59 Å². The molecule has 0 bridgehead atoms. The van der Waals surface area contributed by atoms with E-state index in [1.165, 1.54) is 6.07 Å². The minimum atomic E-state index is -0.540. The molecular formula is C11H9ClN2O2. The predicted molar refractivity (Wildman–Crippen MR) is 62.4 cm³/mol. The Labute approximate surface area is 96.1 Å². The van der Waals surface area contributed by atoms with Gasteiger partial charge in [0, 0.05) is 6.07 Å². The molecule has 16 heavy (non-hydrogen) atoms. The number of halogens is 1. The van der Waals surface area contributed by atoms with Crippen molar-refractivity contribution in [3.05, 3.63) is 61.9 Å². The van der Waals surface area contributed by atoms with Crippen LogP contribution in [0.1, 0.15) is 5.56 Å². The Bertz CT molecular complexity index is 594. The number of aryl methyl sites for hydroxylation is 1. The second kappa shape index (κ2) is 3.98. The van der Waals surface area contributed by atoms with Gasteiger partial charge in [0.2, 0.25) is 0 Å². The van der Waals surface area contributed by atoms with Crippen LogP contribution in [0.25, 0.3) is 5.69 Å². The highest BCUT2D eigenvalue weighted by molar-refractivity contribution is 6.29. The van der Waals surface area contributed by atoms with Gasteiger partial charge in [-0.2, -0.15) is 0 Å². The Hall–Kier alpha value is -1.81. The molecule has 0 fully saturated rings. The molecule has 2 rings (SSSR count). The topological polar surface area (TPSA) is 54.9 Å². The fourth-order valence-corrected chi connectivity index (χ4v) is 1.58. The summed E-state index contributed by atoms with van der Waals surface area (Å²) in [6, 6.07) is 8.24. The number of nitrogens with one attached hydrogen (secondary N) is 1. The van der Waals surface area contributed by atoms with E-state index in [1.807, 2.05) is 19.1 Å². The average molecular weight is 237 g/mol. The number of hydrogen-bond acceptors (Lipinski definition) is 2. The predicted octanol–water partition coefficient (Wildman–Crippen LogP) is 1.49. The van der Waals surface area contributed by atoms with Crippen molar-refractivity contribution in [2.45, 2.75) is 6.92 Å². The van der Waals surface area contributed by atoms with Gasteiger partial charge in [-0.3, -0.25) is 9.78 Å². The third-order valence-corrected chi connectivity index (χ3v) is 2.40. The zero-order valence-corrected chi connectivity index (χ0v) is 9.28. The summed E-state index contributed by atoms with van der Waals surface area (Å²) in [4.78, 5) is 25.5. The number of hydrogen-bond donors (Lipinski definition) is 1. The third-order valence-electron chi connectivity index (χ3n) is 2.19. The van der Waals surface area contributed by atoms with E-state index in [2.05, 4.69) is 4.98 Å². The molecule has 0 saturated heterocycles. The molecule has 0 amide bonds. The Morgan fingerprint density at radius 1 is 1.19 bits per heavy atom. The largest absolute Gasteiger partial charge is 0.334 e. The van der Waals surface area contributed by atoms with E-state index < -0.39 is 11.2 Å². The minimum absolute atomic E-state index is 0.0401. The van der Waals surface area contributed by atoms with Gasteiger partial charge < -0.3 is 0 Å². The van der Waals surface area contributed by atoms with Gasteiger partial charge >= 0.3 is 5.69 Å². The molecule has 0 unspecified atom stereocenters. The zero-order valence-electron chi connectivity index (χ0n) is 8.53. The van der Waals surface area contributed by atoms with Gasteiger partial charge in [-0.1, -0.05) is 29.3 Å². The van der Waals surface area contributed by atoms with Gasteiger partial charge in [-0.25, -0.2) is 9.36 Å². The first-order chi connectivity index (χ1) is 7.58. The fourth-order valence-electron chi connectivity index (χ4n) is 1.41. The lowest BCUT2D eigenvalue weighted by Crippen LogP contribution is -2.32. The number of nitrogens with zero attached hydrogens (tertiary/aromatic N) is 1. The van der Waals surface area contributed by atoms with Crippen molar-refractivity contribution < 1.29 is 0 Å². The molecule has 0 aliphatic heterocycles. The maximum atomic E-state index is 11.6. The van der Waals surface area contributed by atoms with Crippen molar-refractivity contribution in [2.24, 2.45) is 0 Å². The Morgan fingerprint density at radius 2 is 1.81 bits per heavy atom. The Kier molecular flexibility index (Phi) is 2.66. The summed E-state index contributed by atoms with van der Waals surface area (Å²) in [5.74, 6) is 0. The summed E-state index contributed by atoms with van der Waals surface area (Å²) in [5.41, 5.74) is 0.592. The third kappa shape index (κ3) is 1.92. The van der Waals surface area contributed by atoms with Crippen molar-refractivity contribution in [3.63, 3.8) is 0 Å². The second-order valence-corrected chi connectivity index (χ2v) is 3.84. The van der Waals surface area contributed by atoms with Crippen molar-refractivity contribution >= 4 is 11.6 Å². The molecule has 2 aromatic rings.